The highest BCUT2D eigenvalue weighted by Crippen LogP contribution is 2.37. The van der Waals surface area contributed by atoms with Crippen molar-refractivity contribution in [3.63, 3.8) is 0 Å². The molecular formula is C20H27ClN4O3S. The Kier molecular flexibility index (Phi) is 6.08. The van der Waals surface area contributed by atoms with Crippen LogP contribution in [0, 0.1) is 12.3 Å². The van der Waals surface area contributed by atoms with E-state index in [4.69, 9.17) is 22.1 Å². The van der Waals surface area contributed by atoms with Gasteiger partial charge in [-0.25, -0.2) is 13.4 Å². The zero-order valence-electron chi connectivity index (χ0n) is 17.1. The van der Waals surface area contributed by atoms with Crippen LogP contribution in [0.15, 0.2) is 24.3 Å². The minimum absolute atomic E-state index is 0.0491. The monoisotopic (exact) mass is 438 g/mol. The quantitative estimate of drug-likeness (QED) is 0.782. The Morgan fingerprint density at radius 3 is 2.66 bits per heavy atom. The maximum Gasteiger partial charge on any atom is 0.222 e. The molecule has 2 aromatic rings. The maximum absolute atomic E-state index is 11.6. The van der Waals surface area contributed by atoms with Crippen molar-refractivity contribution >= 4 is 33.2 Å². The molecule has 1 aromatic heterocycles. The molecule has 1 aliphatic heterocycles. The second-order valence-corrected chi connectivity index (χ2v) is 11.0. The highest BCUT2D eigenvalue weighted by atomic mass is 35.5. The van der Waals surface area contributed by atoms with Gasteiger partial charge in [0, 0.05) is 35.0 Å². The number of benzene rings is 1. The number of aryl methyl sites for hydroxylation is 1. The molecule has 7 nitrogen and oxygen atoms in total. The van der Waals surface area contributed by atoms with E-state index in [0.29, 0.717) is 30.3 Å². The third-order valence-corrected chi connectivity index (χ3v) is 5.93. The van der Waals surface area contributed by atoms with E-state index in [1.165, 1.54) is 6.26 Å². The van der Waals surface area contributed by atoms with Gasteiger partial charge < -0.3 is 15.4 Å². The first kappa shape index (κ1) is 21.8. The number of nitrogens with zero attached hydrogens (tertiary/aromatic N) is 3. The molecule has 0 amide bonds. The van der Waals surface area contributed by atoms with Crippen LogP contribution < -0.4 is 10.6 Å². The zero-order chi connectivity index (χ0) is 21.4. The molecule has 1 unspecified atom stereocenters. The van der Waals surface area contributed by atoms with E-state index in [9.17, 15) is 8.42 Å². The number of ether oxygens (including phenoxy) is 1. The first-order valence-corrected chi connectivity index (χ1v) is 11.8. The van der Waals surface area contributed by atoms with Crippen molar-refractivity contribution < 1.29 is 13.2 Å². The molecule has 0 aliphatic carbocycles. The first-order chi connectivity index (χ1) is 13.4. The summed E-state index contributed by atoms with van der Waals surface area (Å²) in [5, 5.41) is 0.503. The average molecular weight is 439 g/mol. The Morgan fingerprint density at radius 1 is 1.31 bits per heavy atom. The van der Waals surface area contributed by atoms with E-state index in [2.05, 4.69) is 28.7 Å². The Balaban J connectivity index is 2.04. The van der Waals surface area contributed by atoms with Gasteiger partial charge in [-0.3, -0.25) is 0 Å². The Morgan fingerprint density at radius 2 is 2.03 bits per heavy atom. The summed E-state index contributed by atoms with van der Waals surface area (Å²) in [7, 11) is -3.14. The van der Waals surface area contributed by atoms with Gasteiger partial charge in [0.15, 0.2) is 9.84 Å². The molecule has 3 rings (SSSR count). The van der Waals surface area contributed by atoms with Crippen molar-refractivity contribution in [3.05, 3.63) is 46.1 Å². The van der Waals surface area contributed by atoms with Crippen LogP contribution in [0.25, 0.3) is 0 Å². The van der Waals surface area contributed by atoms with Crippen LogP contribution in [0.4, 0.5) is 11.8 Å². The molecule has 29 heavy (non-hydrogen) atoms. The summed E-state index contributed by atoms with van der Waals surface area (Å²) in [6.07, 6.45) is 1.21. The average Bonchev–Trinajstić information content (AvgIpc) is 2.71. The smallest absolute Gasteiger partial charge is 0.222 e. The predicted octanol–water partition coefficient (Wildman–Crippen LogP) is 3.17. The molecule has 158 valence electrons. The molecule has 0 bridgehead atoms. The zero-order valence-corrected chi connectivity index (χ0v) is 18.7. The largest absolute Gasteiger partial charge is 0.378 e. The molecular weight excluding hydrogens is 412 g/mol. The molecule has 9 heteroatoms. The van der Waals surface area contributed by atoms with E-state index in [1.54, 1.807) is 12.1 Å². The van der Waals surface area contributed by atoms with Crippen LogP contribution in [0.3, 0.4) is 0 Å². The van der Waals surface area contributed by atoms with Crippen LogP contribution in [-0.4, -0.2) is 44.4 Å². The third-order valence-electron chi connectivity index (χ3n) is 4.75. The van der Waals surface area contributed by atoms with Gasteiger partial charge in [-0.15, -0.1) is 0 Å². The van der Waals surface area contributed by atoms with E-state index in [1.807, 2.05) is 19.1 Å². The summed E-state index contributed by atoms with van der Waals surface area (Å²) in [4.78, 5) is 10.8. The SMILES string of the molecule is Cc1cc(N2CC(C)(C)COCC2c2ccc(CS(C)(=O)=O)cc2Cl)nc(N)n1. The lowest BCUT2D eigenvalue weighted by Gasteiger charge is -2.35. The fraction of sp³-hybridized carbons (Fsp3) is 0.500. The van der Waals surface area contributed by atoms with Crippen molar-refractivity contribution in [2.75, 3.05) is 36.6 Å². The summed E-state index contributed by atoms with van der Waals surface area (Å²) in [5.41, 5.74) is 8.09. The standard InChI is InChI=1S/C20H27ClN4O3S/c1-13-7-18(24-19(22)23-13)25-11-20(2,3)12-28-9-17(25)15-6-5-14(8-16(15)21)10-29(4,26)27/h5-8,17H,9-12H2,1-4H3,(H2,22,23,24). The van der Waals surface area contributed by atoms with Crippen molar-refractivity contribution in [3.8, 4) is 0 Å². The van der Waals surface area contributed by atoms with Crippen molar-refractivity contribution in [1.82, 2.24) is 9.97 Å². The number of anilines is 2. The second-order valence-electron chi connectivity index (χ2n) is 8.47. The van der Waals surface area contributed by atoms with E-state index in [-0.39, 0.29) is 23.2 Å². The van der Waals surface area contributed by atoms with Crippen LogP contribution in [0.5, 0.6) is 0 Å². The Bertz CT molecular complexity index is 991. The number of nitrogens with two attached hydrogens (primary N) is 1. The molecule has 1 saturated heterocycles. The van der Waals surface area contributed by atoms with E-state index < -0.39 is 9.84 Å². The molecule has 1 atom stereocenters. The molecule has 1 aromatic carbocycles. The third kappa shape index (κ3) is 5.58. The van der Waals surface area contributed by atoms with Gasteiger partial charge >= 0.3 is 0 Å². The number of halogens is 1. The number of aromatic nitrogens is 2. The first-order valence-electron chi connectivity index (χ1n) is 9.35. The highest BCUT2D eigenvalue weighted by molar-refractivity contribution is 7.89. The van der Waals surface area contributed by atoms with Crippen molar-refractivity contribution in [1.29, 1.82) is 0 Å². The lowest BCUT2D eigenvalue weighted by molar-refractivity contribution is 0.0800. The van der Waals surface area contributed by atoms with E-state index in [0.717, 1.165) is 17.1 Å². The molecule has 2 N–H and O–H groups in total. The van der Waals surface area contributed by atoms with Gasteiger partial charge in [0.25, 0.3) is 0 Å². The molecule has 0 radical (unpaired) electrons. The van der Waals surface area contributed by atoms with Crippen molar-refractivity contribution in [2.24, 2.45) is 5.41 Å². The number of hydrogen-bond donors (Lipinski definition) is 1. The van der Waals surface area contributed by atoms with Gasteiger partial charge in [0.2, 0.25) is 5.95 Å². The summed E-state index contributed by atoms with van der Waals surface area (Å²) >= 11 is 6.60. The van der Waals surface area contributed by atoms with Gasteiger partial charge in [0.05, 0.1) is 25.0 Å². The predicted molar refractivity (Wildman–Crippen MR) is 116 cm³/mol. The van der Waals surface area contributed by atoms with Crippen LogP contribution in [0.1, 0.15) is 36.7 Å². The lowest BCUT2D eigenvalue weighted by atomic mass is 9.93. The summed E-state index contributed by atoms with van der Waals surface area (Å²) in [5.74, 6) is 0.887. The van der Waals surface area contributed by atoms with Crippen LogP contribution in [-0.2, 0) is 20.3 Å². The number of rotatable bonds is 4. The normalized spacial score (nSPS) is 19.8. The molecule has 1 aliphatic rings. The van der Waals surface area contributed by atoms with Crippen molar-refractivity contribution in [2.45, 2.75) is 32.6 Å². The highest BCUT2D eigenvalue weighted by Gasteiger charge is 2.34. The van der Waals surface area contributed by atoms with Gasteiger partial charge in [-0.1, -0.05) is 37.6 Å². The molecule has 2 heterocycles. The number of nitrogen functional groups attached to an aromatic ring is 1. The minimum Gasteiger partial charge on any atom is -0.378 e. The Labute approximate surface area is 177 Å². The Hall–Kier alpha value is -1.90. The maximum atomic E-state index is 11.6. The van der Waals surface area contributed by atoms with Gasteiger partial charge in [-0.05, 0) is 24.1 Å². The fourth-order valence-corrected chi connectivity index (χ4v) is 4.72. The molecule has 1 fully saturated rings. The van der Waals surface area contributed by atoms with Gasteiger partial charge in [-0.2, -0.15) is 4.98 Å². The van der Waals surface area contributed by atoms with Crippen LogP contribution >= 0.6 is 11.6 Å². The minimum atomic E-state index is -3.14. The summed E-state index contributed by atoms with van der Waals surface area (Å²) in [6, 6.07) is 7.10. The van der Waals surface area contributed by atoms with Gasteiger partial charge in [0.1, 0.15) is 5.82 Å². The van der Waals surface area contributed by atoms with Crippen LogP contribution in [0.2, 0.25) is 5.02 Å². The lowest BCUT2D eigenvalue weighted by Crippen LogP contribution is -2.37. The summed E-state index contributed by atoms with van der Waals surface area (Å²) in [6.45, 7) is 7.87. The molecule has 0 spiro atoms. The number of hydrogen-bond acceptors (Lipinski definition) is 7. The number of sulfone groups is 1. The second kappa shape index (κ2) is 8.08. The summed E-state index contributed by atoms with van der Waals surface area (Å²) < 4.78 is 29.2. The fourth-order valence-electron chi connectivity index (χ4n) is 3.61. The topological polar surface area (TPSA) is 98.4 Å². The molecule has 0 saturated carbocycles. The van der Waals surface area contributed by atoms with E-state index >= 15 is 0 Å².